The van der Waals surface area contributed by atoms with E-state index in [0.29, 0.717) is 34.1 Å². The van der Waals surface area contributed by atoms with Crippen LogP contribution >= 0.6 is 28.4 Å². The van der Waals surface area contributed by atoms with Crippen LogP contribution < -0.4 is 26.9 Å². The first-order chi connectivity index (χ1) is 17.2. The molecule has 0 spiro atoms. The first-order valence-corrected chi connectivity index (χ1v) is 15.0. The third-order valence-corrected chi connectivity index (χ3v) is 7.88. The minimum absolute atomic E-state index is 0.0534. The van der Waals surface area contributed by atoms with Crippen molar-refractivity contribution in [3.63, 3.8) is 0 Å². The molecule has 36 heavy (non-hydrogen) atoms. The Labute approximate surface area is 221 Å². The maximum absolute atomic E-state index is 13.8. The minimum atomic E-state index is -2.79. The molecule has 10 nitrogen and oxygen atoms in total. The van der Waals surface area contributed by atoms with Crippen molar-refractivity contribution in [2.45, 2.75) is 26.2 Å². The van der Waals surface area contributed by atoms with Crippen LogP contribution in [0.5, 0.6) is 5.75 Å². The van der Waals surface area contributed by atoms with Gasteiger partial charge in [0.1, 0.15) is 11.3 Å². The second kappa shape index (κ2) is 10.7. The fraction of sp³-hybridized carbons (Fsp3) is 0.318. The number of imidazole rings is 1. The van der Waals surface area contributed by atoms with Gasteiger partial charge in [-0.1, -0.05) is 6.07 Å². The minimum Gasteiger partial charge on any atom is -0.494 e. The number of carbonyl (C=O) groups excluding carboxylic acids is 1. The Bertz CT molecular complexity index is 1340. The molecule has 2 aromatic heterocycles. The average molecular weight is 630 g/mol. The number of benzene rings is 1. The molecule has 2 heterocycles. The number of hydrogen-bond donors (Lipinski definition) is 4. The normalized spacial score (nSPS) is 14.4. The smallest absolute Gasteiger partial charge is 0.295 e. The van der Waals surface area contributed by atoms with E-state index in [0.717, 1.165) is 12.8 Å². The molecular weight excluding hydrogens is 604 g/mol. The predicted molar refractivity (Wildman–Crippen MR) is 147 cm³/mol. The van der Waals surface area contributed by atoms with Crippen LogP contribution in [0, 0.1) is 5.92 Å². The SMILES string of the molecule is COc1c(Nc2cc(NC(=O)C3CC3)nc3c2nc(C(F)F)n3PI)cccc1/C(N)=C(\C)N(C)N. The predicted octanol–water partition coefficient (Wildman–Crippen LogP) is 4.71. The molecule has 6 N–H and O–H groups in total. The number of allylic oxidation sites excluding steroid dienone is 1. The van der Waals surface area contributed by atoms with Gasteiger partial charge in [0.2, 0.25) is 5.91 Å². The molecule has 14 heteroatoms. The highest BCUT2D eigenvalue weighted by Crippen LogP contribution is 2.41. The van der Waals surface area contributed by atoms with Crippen LogP contribution in [-0.4, -0.2) is 39.4 Å². The van der Waals surface area contributed by atoms with E-state index in [-0.39, 0.29) is 35.2 Å². The Kier molecular flexibility index (Phi) is 7.81. The Morgan fingerprint density at radius 1 is 1.33 bits per heavy atom. The summed E-state index contributed by atoms with van der Waals surface area (Å²) in [5.41, 5.74) is 9.37. The standard InChI is InChI=1S/C22H26F2IN8O2P/c1-10(32(2)27)16(26)12-5-4-6-13(18(12)35-3)28-14-9-15(30-22(34)11-7-8-11)29-20-17(14)31-21(19(23)24)33(20)36-25/h4-6,9,11,19,36H,7-8,26-27H2,1-3H3,(H2,28,29,30,34)/b16-10-. The Morgan fingerprint density at radius 2 is 2.06 bits per heavy atom. The first-order valence-electron chi connectivity index (χ1n) is 10.9. The second-order valence-corrected chi connectivity index (χ2v) is 10.4. The number of carbonyl (C=O) groups is 1. The van der Waals surface area contributed by atoms with E-state index in [4.69, 9.17) is 16.3 Å². The molecule has 3 aromatic rings. The summed E-state index contributed by atoms with van der Waals surface area (Å²) in [6.45, 7) is 1.78. The Balaban J connectivity index is 1.86. The highest BCUT2D eigenvalue weighted by molar-refractivity contribution is 14.2. The van der Waals surface area contributed by atoms with Crippen molar-refractivity contribution in [2.24, 2.45) is 17.5 Å². The molecule has 1 aliphatic rings. The van der Waals surface area contributed by atoms with Gasteiger partial charge in [0.05, 0.1) is 30.6 Å². The number of nitrogens with one attached hydrogen (secondary N) is 2. The van der Waals surface area contributed by atoms with Gasteiger partial charge >= 0.3 is 0 Å². The van der Waals surface area contributed by atoms with E-state index in [1.807, 2.05) is 22.0 Å². The molecule has 0 bridgehead atoms. The lowest BCUT2D eigenvalue weighted by molar-refractivity contribution is -0.117. The molecule has 0 aliphatic heterocycles. The van der Waals surface area contributed by atoms with Crippen molar-refractivity contribution in [1.82, 2.24) is 19.3 Å². The largest absolute Gasteiger partial charge is 0.494 e. The number of aromatic nitrogens is 3. The van der Waals surface area contributed by atoms with Crippen molar-refractivity contribution in [3.8, 4) is 5.75 Å². The van der Waals surface area contributed by atoms with Crippen LogP contribution in [0.4, 0.5) is 26.0 Å². The zero-order valence-corrected chi connectivity index (χ0v) is 22.9. The molecule has 1 unspecified atom stereocenters. The summed E-state index contributed by atoms with van der Waals surface area (Å²) in [4.78, 5) is 21.1. The van der Waals surface area contributed by atoms with Crippen molar-refractivity contribution in [3.05, 3.63) is 41.4 Å². The number of amides is 1. The zero-order chi connectivity index (χ0) is 26.1. The summed E-state index contributed by atoms with van der Waals surface area (Å²) in [6.07, 6.45) is -1.23. The maximum atomic E-state index is 13.8. The number of anilines is 3. The number of pyridine rings is 1. The second-order valence-electron chi connectivity index (χ2n) is 8.30. The summed E-state index contributed by atoms with van der Waals surface area (Å²) < 4.78 is 34.6. The highest BCUT2D eigenvalue weighted by Gasteiger charge is 2.30. The van der Waals surface area contributed by atoms with Gasteiger partial charge < -0.3 is 26.1 Å². The third-order valence-electron chi connectivity index (χ3n) is 5.82. The van der Waals surface area contributed by atoms with E-state index in [9.17, 15) is 13.6 Å². The molecular formula is C22H26F2IN8O2P. The number of nitrogens with two attached hydrogens (primary N) is 2. The van der Waals surface area contributed by atoms with Gasteiger partial charge in [-0.2, -0.15) is 0 Å². The summed E-state index contributed by atoms with van der Waals surface area (Å²) in [5, 5.41) is 7.44. The maximum Gasteiger partial charge on any atom is 0.295 e. The lowest BCUT2D eigenvalue weighted by atomic mass is 10.1. The van der Waals surface area contributed by atoms with Gasteiger partial charge in [-0.25, -0.2) is 24.6 Å². The molecule has 1 amide bonds. The van der Waals surface area contributed by atoms with E-state index in [1.54, 1.807) is 38.2 Å². The molecule has 192 valence electrons. The lowest BCUT2D eigenvalue weighted by Gasteiger charge is -2.20. The lowest BCUT2D eigenvalue weighted by Crippen LogP contribution is -2.26. The summed E-state index contributed by atoms with van der Waals surface area (Å²) in [5.74, 6) is 5.92. The van der Waals surface area contributed by atoms with E-state index < -0.39 is 12.2 Å². The number of nitrogens with zero attached hydrogens (tertiary/aromatic N) is 4. The average Bonchev–Trinajstić information content (AvgIpc) is 3.63. The number of alkyl halides is 2. The van der Waals surface area contributed by atoms with Gasteiger partial charge in [-0.15, -0.1) is 0 Å². The van der Waals surface area contributed by atoms with Gasteiger partial charge in [0, 0.05) is 30.3 Å². The molecule has 1 aromatic carbocycles. The molecule has 1 fully saturated rings. The van der Waals surface area contributed by atoms with E-state index in [1.165, 1.54) is 16.5 Å². The van der Waals surface area contributed by atoms with Crippen molar-refractivity contribution < 1.29 is 18.3 Å². The van der Waals surface area contributed by atoms with Crippen LogP contribution in [0.3, 0.4) is 0 Å². The molecule has 1 atom stereocenters. The molecule has 0 radical (unpaired) electrons. The van der Waals surface area contributed by atoms with Crippen molar-refractivity contribution >= 4 is 68.4 Å². The molecule has 0 saturated heterocycles. The fourth-order valence-corrected chi connectivity index (χ4v) is 5.52. The summed E-state index contributed by atoms with van der Waals surface area (Å²) in [6, 6.07) is 6.91. The van der Waals surface area contributed by atoms with Gasteiger partial charge in [-0.05, 0) is 53.9 Å². The summed E-state index contributed by atoms with van der Waals surface area (Å²) in [7, 11) is 3.18. The first kappa shape index (κ1) is 26.3. The molecule has 1 aliphatic carbocycles. The van der Waals surface area contributed by atoms with Crippen molar-refractivity contribution in [1.29, 1.82) is 0 Å². The van der Waals surface area contributed by atoms with Crippen LogP contribution in [0.1, 0.15) is 37.6 Å². The van der Waals surface area contributed by atoms with Crippen molar-refractivity contribution in [2.75, 3.05) is 24.8 Å². The van der Waals surface area contributed by atoms with Crippen LogP contribution in [0.15, 0.2) is 30.0 Å². The quantitative estimate of drug-likeness (QED) is 0.116. The van der Waals surface area contributed by atoms with Gasteiger partial charge in [0.15, 0.2) is 17.2 Å². The number of rotatable bonds is 9. The van der Waals surface area contributed by atoms with E-state index in [2.05, 4.69) is 20.6 Å². The van der Waals surface area contributed by atoms with Gasteiger partial charge in [-0.3, -0.25) is 9.13 Å². The fourth-order valence-electron chi connectivity index (χ4n) is 3.62. The highest BCUT2D eigenvalue weighted by atomic mass is 127. The zero-order valence-electron chi connectivity index (χ0n) is 19.8. The number of methoxy groups -OCH3 is 1. The Hall–Kier alpha value is -2.77. The number of ether oxygens (including phenoxy) is 1. The summed E-state index contributed by atoms with van der Waals surface area (Å²) >= 11 is 2.00. The molecule has 1 saturated carbocycles. The topological polar surface area (TPSA) is 136 Å². The third kappa shape index (κ3) is 5.18. The van der Waals surface area contributed by atoms with Crippen LogP contribution in [0.25, 0.3) is 16.9 Å². The van der Waals surface area contributed by atoms with E-state index >= 15 is 0 Å². The monoisotopic (exact) mass is 630 g/mol. The Morgan fingerprint density at radius 3 is 2.64 bits per heavy atom. The number of hydrogen-bond acceptors (Lipinski definition) is 8. The number of hydrazine groups is 1. The number of para-hydroxylation sites is 1. The van der Waals surface area contributed by atoms with Gasteiger partial charge in [0.25, 0.3) is 6.43 Å². The number of halogens is 3. The number of fused-ring (bicyclic) bond motifs is 1. The van der Waals surface area contributed by atoms with Crippen LogP contribution in [-0.2, 0) is 4.79 Å². The molecule has 4 rings (SSSR count). The van der Waals surface area contributed by atoms with Crippen LogP contribution in [0.2, 0.25) is 0 Å².